The molecule has 1 amide bonds. The fourth-order valence-corrected chi connectivity index (χ4v) is 5.16. The van der Waals surface area contributed by atoms with Gasteiger partial charge in [-0.15, -0.1) is 0 Å². The predicted octanol–water partition coefficient (Wildman–Crippen LogP) is 3.87. The molecule has 0 radical (unpaired) electrons. The fraction of sp³-hybridized carbons (Fsp3) is 0.348. The van der Waals surface area contributed by atoms with E-state index in [1.54, 1.807) is 32.9 Å². The van der Waals surface area contributed by atoms with Gasteiger partial charge in [0, 0.05) is 18.3 Å². The number of nitrogens with zero attached hydrogens (tertiary/aromatic N) is 4. The number of aryl methyl sites for hydroxylation is 1. The molecule has 0 aliphatic carbocycles. The lowest BCUT2D eigenvalue weighted by atomic mass is 10.2. The highest BCUT2D eigenvalue weighted by molar-refractivity contribution is 8.14. The van der Waals surface area contributed by atoms with E-state index in [0.717, 1.165) is 34.6 Å². The average Bonchev–Trinajstić information content (AvgIpc) is 3.32. The van der Waals surface area contributed by atoms with Crippen LogP contribution in [0.5, 0.6) is 5.75 Å². The van der Waals surface area contributed by atoms with Crippen molar-refractivity contribution in [2.75, 3.05) is 12.9 Å². The second kappa shape index (κ2) is 9.01. The van der Waals surface area contributed by atoms with Gasteiger partial charge in [0.2, 0.25) is 5.91 Å². The number of hydrogen-bond donors (Lipinski definition) is 0. The van der Waals surface area contributed by atoms with Gasteiger partial charge in [0.1, 0.15) is 12.3 Å². The molecule has 3 aromatic rings. The fourth-order valence-electron chi connectivity index (χ4n) is 3.88. The van der Waals surface area contributed by atoms with Crippen LogP contribution in [0.2, 0.25) is 0 Å². The minimum atomic E-state index is -0.161. The Labute approximate surface area is 185 Å². The Bertz CT molecular complexity index is 1180. The van der Waals surface area contributed by atoms with Gasteiger partial charge < -0.3 is 4.74 Å². The number of amidine groups is 1. The Morgan fingerprint density at radius 3 is 2.39 bits per heavy atom. The zero-order chi connectivity index (χ0) is 22.0. The monoisotopic (exact) mass is 438 g/mol. The van der Waals surface area contributed by atoms with Crippen molar-refractivity contribution in [3.8, 4) is 5.75 Å². The zero-order valence-electron chi connectivity index (χ0n) is 17.9. The number of carbonyl (C=O) groups is 1. The van der Waals surface area contributed by atoms with Crippen molar-refractivity contribution in [2.45, 2.75) is 39.4 Å². The first-order chi connectivity index (χ1) is 15.1. The van der Waals surface area contributed by atoms with Gasteiger partial charge in [-0.05, 0) is 49.7 Å². The largest absolute Gasteiger partial charge is 0.497 e. The van der Waals surface area contributed by atoms with Gasteiger partial charge in [-0.1, -0.05) is 30.8 Å². The molecule has 0 bridgehead atoms. The van der Waals surface area contributed by atoms with E-state index in [9.17, 15) is 9.59 Å². The highest BCUT2D eigenvalue weighted by atomic mass is 32.2. The maximum absolute atomic E-state index is 13.4. The Hall–Kier alpha value is -3.00. The van der Waals surface area contributed by atoms with E-state index in [2.05, 4.69) is 6.92 Å². The number of rotatable bonds is 6. The molecule has 1 unspecified atom stereocenters. The van der Waals surface area contributed by atoms with Crippen molar-refractivity contribution in [3.05, 3.63) is 59.0 Å². The van der Waals surface area contributed by atoms with E-state index in [1.165, 1.54) is 0 Å². The zero-order valence-corrected chi connectivity index (χ0v) is 18.8. The number of fused-ring (bicyclic) bond motifs is 1. The second-order valence-corrected chi connectivity index (χ2v) is 8.32. The summed E-state index contributed by atoms with van der Waals surface area (Å²) in [6.45, 7) is 4.55. The van der Waals surface area contributed by atoms with Gasteiger partial charge in [-0.3, -0.25) is 18.8 Å². The molecular formula is C23H26N4O3S. The number of para-hydroxylation sites is 2. The molecule has 4 rings (SSSR count). The third-order valence-corrected chi connectivity index (χ3v) is 6.65. The summed E-state index contributed by atoms with van der Waals surface area (Å²) in [6, 6.07) is 15.1. The van der Waals surface area contributed by atoms with Crippen LogP contribution < -0.4 is 10.4 Å². The molecule has 1 saturated heterocycles. The minimum absolute atomic E-state index is 0.00889. The average molecular weight is 439 g/mol. The number of benzene rings is 2. The van der Waals surface area contributed by atoms with Crippen LogP contribution in [0.4, 0.5) is 5.69 Å². The predicted molar refractivity (Wildman–Crippen MR) is 125 cm³/mol. The highest BCUT2D eigenvalue weighted by Crippen LogP contribution is 2.30. The molecule has 1 fully saturated rings. The Morgan fingerprint density at radius 2 is 1.77 bits per heavy atom. The van der Waals surface area contributed by atoms with Crippen LogP contribution in [0.3, 0.4) is 0 Å². The van der Waals surface area contributed by atoms with Crippen LogP contribution in [0.15, 0.2) is 58.3 Å². The van der Waals surface area contributed by atoms with E-state index >= 15 is 0 Å². The van der Waals surface area contributed by atoms with Crippen LogP contribution in [0.25, 0.3) is 11.0 Å². The molecule has 1 aliphatic rings. The summed E-state index contributed by atoms with van der Waals surface area (Å²) in [5.41, 5.74) is 2.22. The lowest BCUT2D eigenvalue weighted by molar-refractivity contribution is -0.129. The van der Waals surface area contributed by atoms with Crippen molar-refractivity contribution in [1.82, 2.24) is 14.0 Å². The summed E-state index contributed by atoms with van der Waals surface area (Å²) >= 11 is 1.58. The number of amides is 1. The molecule has 0 N–H and O–H groups in total. The van der Waals surface area contributed by atoms with E-state index in [-0.39, 0.29) is 24.2 Å². The van der Waals surface area contributed by atoms with Gasteiger partial charge in [0.25, 0.3) is 0 Å². The lowest BCUT2D eigenvalue weighted by Gasteiger charge is -2.23. The summed E-state index contributed by atoms with van der Waals surface area (Å²) in [6.07, 6.45) is 0.825. The SMILES string of the molecule is CCC1CSC(=Nc2ccc(OC)cc2)N1C(=O)Cn1c(=O)n(CC)c2ccccc21. The standard InChI is InChI=1S/C23H26N4O3S/c1-4-17-15-31-22(24-16-10-12-18(30-3)13-11-16)27(17)21(28)14-26-20-9-7-6-8-19(20)25(5-2)23(26)29/h6-13,17H,4-5,14-15H2,1-3H3. The molecule has 2 aromatic carbocycles. The van der Waals surface area contributed by atoms with Gasteiger partial charge in [-0.25, -0.2) is 9.79 Å². The first-order valence-electron chi connectivity index (χ1n) is 10.4. The van der Waals surface area contributed by atoms with Crippen LogP contribution in [-0.4, -0.2) is 44.0 Å². The van der Waals surface area contributed by atoms with E-state index < -0.39 is 0 Å². The van der Waals surface area contributed by atoms with Crippen LogP contribution in [0.1, 0.15) is 20.3 Å². The maximum atomic E-state index is 13.4. The third kappa shape index (κ3) is 3.99. The van der Waals surface area contributed by atoms with Gasteiger partial charge in [-0.2, -0.15) is 0 Å². The van der Waals surface area contributed by atoms with Crippen molar-refractivity contribution in [3.63, 3.8) is 0 Å². The molecule has 7 nitrogen and oxygen atoms in total. The molecule has 8 heteroatoms. The summed E-state index contributed by atoms with van der Waals surface area (Å²) in [7, 11) is 1.62. The molecule has 31 heavy (non-hydrogen) atoms. The number of methoxy groups -OCH3 is 1. The van der Waals surface area contributed by atoms with E-state index in [1.807, 2.05) is 55.5 Å². The quantitative estimate of drug-likeness (QED) is 0.586. The number of aliphatic imine (C=N–C) groups is 1. The van der Waals surface area contributed by atoms with Crippen LogP contribution >= 0.6 is 11.8 Å². The van der Waals surface area contributed by atoms with Gasteiger partial charge >= 0.3 is 5.69 Å². The maximum Gasteiger partial charge on any atom is 0.329 e. The summed E-state index contributed by atoms with van der Waals surface area (Å²) in [5, 5.41) is 0.675. The number of thioether (sulfide) groups is 1. The molecule has 0 spiro atoms. The van der Waals surface area contributed by atoms with Crippen molar-refractivity contribution in [1.29, 1.82) is 0 Å². The molecule has 1 atom stereocenters. The number of aromatic nitrogens is 2. The molecule has 162 valence electrons. The normalized spacial score (nSPS) is 17.6. The van der Waals surface area contributed by atoms with Gasteiger partial charge in [0.05, 0.1) is 23.8 Å². The van der Waals surface area contributed by atoms with Crippen molar-refractivity contribution >= 4 is 39.6 Å². The Kier molecular flexibility index (Phi) is 6.18. The van der Waals surface area contributed by atoms with Crippen molar-refractivity contribution in [2.24, 2.45) is 4.99 Å². The number of carbonyl (C=O) groups excluding carboxylic acids is 1. The van der Waals surface area contributed by atoms with Crippen LogP contribution in [0, 0.1) is 0 Å². The highest BCUT2D eigenvalue weighted by Gasteiger charge is 2.34. The van der Waals surface area contributed by atoms with E-state index in [0.29, 0.717) is 11.7 Å². The van der Waals surface area contributed by atoms with Crippen LogP contribution in [-0.2, 0) is 17.9 Å². The van der Waals surface area contributed by atoms with Crippen molar-refractivity contribution < 1.29 is 9.53 Å². The van der Waals surface area contributed by atoms with Gasteiger partial charge in [0.15, 0.2) is 5.17 Å². The molecule has 1 aliphatic heterocycles. The Balaban J connectivity index is 1.67. The molecule has 2 heterocycles. The molecule has 1 aromatic heterocycles. The number of ether oxygens (including phenoxy) is 1. The topological polar surface area (TPSA) is 68.8 Å². The smallest absolute Gasteiger partial charge is 0.329 e. The second-order valence-electron chi connectivity index (χ2n) is 7.33. The number of imidazole rings is 1. The first kappa shape index (κ1) is 21.2. The summed E-state index contributed by atoms with van der Waals surface area (Å²) in [5.74, 6) is 1.43. The minimum Gasteiger partial charge on any atom is -0.497 e. The molecule has 0 saturated carbocycles. The lowest BCUT2D eigenvalue weighted by Crippen LogP contribution is -2.42. The summed E-state index contributed by atoms with van der Waals surface area (Å²) < 4.78 is 8.48. The molecular weight excluding hydrogens is 412 g/mol. The van der Waals surface area contributed by atoms with E-state index in [4.69, 9.17) is 9.73 Å². The first-order valence-corrected chi connectivity index (χ1v) is 11.4. The summed E-state index contributed by atoms with van der Waals surface area (Å²) in [4.78, 5) is 32.9. The Morgan fingerprint density at radius 1 is 1.10 bits per heavy atom. The number of hydrogen-bond acceptors (Lipinski definition) is 5. The third-order valence-electron chi connectivity index (χ3n) is 5.55.